The van der Waals surface area contributed by atoms with E-state index in [1.165, 1.54) is 13.1 Å². The molecule has 1 N–H and O–H groups in total. The van der Waals surface area contributed by atoms with Crippen LogP contribution in [0, 0.1) is 5.92 Å². The summed E-state index contributed by atoms with van der Waals surface area (Å²) in [6.45, 7) is 13.4. The Morgan fingerprint density at radius 3 is 2.32 bits per heavy atom. The highest BCUT2D eigenvalue weighted by atomic mass is 16.5. The first kappa shape index (κ1) is 15.2. The van der Waals surface area contributed by atoms with Crippen LogP contribution >= 0.6 is 0 Å². The molecule has 0 saturated carbocycles. The number of nitrogens with zero attached hydrogens (tertiary/aromatic N) is 2. The molecule has 2 fully saturated rings. The van der Waals surface area contributed by atoms with Gasteiger partial charge in [-0.2, -0.15) is 0 Å². The molecule has 1 unspecified atom stereocenters. The van der Waals surface area contributed by atoms with Crippen molar-refractivity contribution in [1.82, 2.24) is 9.80 Å². The summed E-state index contributed by atoms with van der Waals surface area (Å²) < 4.78 is 5.60. The van der Waals surface area contributed by atoms with Crippen molar-refractivity contribution in [1.29, 1.82) is 0 Å². The quantitative estimate of drug-likeness (QED) is 0.705. The second kappa shape index (κ2) is 6.53. The average Bonchev–Trinajstić information content (AvgIpc) is 3.12. The lowest BCUT2D eigenvalue weighted by Crippen LogP contribution is -2.47. The Kier molecular flexibility index (Phi) is 5.23. The summed E-state index contributed by atoms with van der Waals surface area (Å²) in [6.07, 6.45) is 2.55. The summed E-state index contributed by atoms with van der Waals surface area (Å²) in [5.74, 6) is 0.454. The summed E-state index contributed by atoms with van der Waals surface area (Å²) >= 11 is 0. The van der Waals surface area contributed by atoms with Crippen LogP contribution in [0.5, 0.6) is 0 Å². The predicted molar refractivity (Wildman–Crippen MR) is 77.3 cm³/mol. The number of hydrogen-bond donors (Lipinski definition) is 1. The summed E-state index contributed by atoms with van der Waals surface area (Å²) in [6, 6.07) is 0. The number of likely N-dealkylation sites (tertiary alicyclic amines) is 1. The number of β-amino-alcohol motifs (C(OH)–C–C–N with tert-alkyl or cyclic N) is 1. The van der Waals surface area contributed by atoms with E-state index in [0.29, 0.717) is 12.0 Å². The van der Waals surface area contributed by atoms with Crippen LogP contribution in [0.2, 0.25) is 0 Å². The molecule has 0 bridgehead atoms. The number of piperidine rings is 1. The molecule has 2 heterocycles. The molecule has 0 spiro atoms. The summed E-state index contributed by atoms with van der Waals surface area (Å²) in [5, 5.41) is 10.6. The molecule has 2 saturated heterocycles. The Hall–Kier alpha value is -0.160. The van der Waals surface area contributed by atoms with Gasteiger partial charge in [-0.3, -0.25) is 4.90 Å². The van der Waals surface area contributed by atoms with Crippen molar-refractivity contribution in [2.45, 2.75) is 45.3 Å². The van der Waals surface area contributed by atoms with Crippen LogP contribution < -0.4 is 0 Å². The number of hydrogen-bond acceptors (Lipinski definition) is 4. The van der Waals surface area contributed by atoms with Gasteiger partial charge in [0.2, 0.25) is 0 Å². The van der Waals surface area contributed by atoms with Gasteiger partial charge in [-0.05, 0) is 52.6 Å². The van der Waals surface area contributed by atoms with Gasteiger partial charge in [0.25, 0.3) is 0 Å². The molecule has 1 atom stereocenters. The van der Waals surface area contributed by atoms with Crippen molar-refractivity contribution in [3.63, 3.8) is 0 Å². The van der Waals surface area contributed by atoms with Crippen LogP contribution in [-0.2, 0) is 4.74 Å². The lowest BCUT2D eigenvalue weighted by Gasteiger charge is -2.39. The van der Waals surface area contributed by atoms with E-state index in [0.717, 1.165) is 45.6 Å². The first-order chi connectivity index (χ1) is 8.97. The van der Waals surface area contributed by atoms with Crippen molar-refractivity contribution in [3.05, 3.63) is 0 Å². The zero-order valence-corrected chi connectivity index (χ0v) is 12.8. The maximum atomic E-state index is 10.6. The molecule has 4 heteroatoms. The highest BCUT2D eigenvalue weighted by Crippen LogP contribution is 2.30. The summed E-state index contributed by atoms with van der Waals surface area (Å²) in [4.78, 5) is 4.79. The fourth-order valence-electron chi connectivity index (χ4n) is 3.01. The van der Waals surface area contributed by atoms with Crippen molar-refractivity contribution < 1.29 is 9.84 Å². The fraction of sp³-hybridized carbons (Fsp3) is 1.00. The lowest BCUT2D eigenvalue weighted by atomic mass is 9.81. The highest BCUT2D eigenvalue weighted by Gasteiger charge is 2.37. The number of ether oxygens (including phenoxy) is 1. The van der Waals surface area contributed by atoms with Crippen LogP contribution in [0.3, 0.4) is 0 Å². The minimum absolute atomic E-state index is 0.325. The monoisotopic (exact) mass is 270 g/mol. The second-order valence-corrected chi connectivity index (χ2v) is 6.67. The van der Waals surface area contributed by atoms with Crippen LogP contribution in [0.4, 0.5) is 0 Å². The van der Waals surface area contributed by atoms with Gasteiger partial charge in [-0.1, -0.05) is 0 Å². The molecular weight excluding hydrogens is 240 g/mol. The van der Waals surface area contributed by atoms with Crippen LogP contribution in [0.15, 0.2) is 0 Å². The van der Waals surface area contributed by atoms with E-state index in [9.17, 15) is 5.11 Å². The molecule has 112 valence electrons. The Labute approximate surface area is 117 Å². The molecule has 2 rings (SSSR count). The molecule has 2 aliphatic rings. The zero-order chi connectivity index (χ0) is 13.9. The Morgan fingerprint density at radius 1 is 1.16 bits per heavy atom. The van der Waals surface area contributed by atoms with Gasteiger partial charge in [0.05, 0.1) is 18.3 Å². The van der Waals surface area contributed by atoms with Crippen LogP contribution in [0.25, 0.3) is 0 Å². The lowest BCUT2D eigenvalue weighted by molar-refractivity contribution is -0.0396. The molecule has 0 radical (unpaired) electrons. The highest BCUT2D eigenvalue weighted by molar-refractivity contribution is 4.91. The molecule has 0 aliphatic carbocycles. The van der Waals surface area contributed by atoms with Gasteiger partial charge < -0.3 is 14.7 Å². The first-order valence-corrected chi connectivity index (χ1v) is 7.76. The molecular formula is C15H30N2O2. The average molecular weight is 270 g/mol. The molecule has 4 nitrogen and oxygen atoms in total. The third-order valence-corrected chi connectivity index (χ3v) is 4.41. The van der Waals surface area contributed by atoms with Gasteiger partial charge in [0.15, 0.2) is 0 Å². The third kappa shape index (κ3) is 5.03. The van der Waals surface area contributed by atoms with Gasteiger partial charge in [-0.25, -0.2) is 0 Å². The fourth-order valence-corrected chi connectivity index (χ4v) is 3.01. The molecule has 19 heavy (non-hydrogen) atoms. The van der Waals surface area contributed by atoms with Crippen molar-refractivity contribution >= 4 is 0 Å². The van der Waals surface area contributed by atoms with E-state index in [1.807, 2.05) is 6.92 Å². The van der Waals surface area contributed by atoms with Gasteiger partial charge in [0.1, 0.15) is 0 Å². The minimum Gasteiger partial charge on any atom is -0.389 e. The molecule has 0 aromatic heterocycles. The topological polar surface area (TPSA) is 35.7 Å². The van der Waals surface area contributed by atoms with E-state index < -0.39 is 5.60 Å². The van der Waals surface area contributed by atoms with Gasteiger partial charge >= 0.3 is 0 Å². The number of rotatable bonds is 7. The number of aliphatic hydroxyl groups is 1. The van der Waals surface area contributed by atoms with Crippen LogP contribution in [-0.4, -0.2) is 72.5 Å². The molecule has 0 aromatic rings. The van der Waals surface area contributed by atoms with Gasteiger partial charge in [-0.15, -0.1) is 0 Å². The maximum absolute atomic E-state index is 10.6. The molecule has 0 aromatic carbocycles. The third-order valence-electron chi connectivity index (χ3n) is 4.41. The zero-order valence-electron chi connectivity index (χ0n) is 12.8. The van der Waals surface area contributed by atoms with E-state index in [-0.39, 0.29) is 0 Å². The minimum atomic E-state index is -0.503. The van der Waals surface area contributed by atoms with E-state index >= 15 is 0 Å². The van der Waals surface area contributed by atoms with Gasteiger partial charge in [0, 0.05) is 26.2 Å². The Bertz CT molecular complexity index is 269. The SMILES string of the molecule is CC(C)OCCN1CCC(C(C)(O)CN2CC2)CC1. The normalized spacial score (nSPS) is 25.7. The second-order valence-electron chi connectivity index (χ2n) is 6.67. The predicted octanol–water partition coefficient (Wildman–Crippen LogP) is 1.19. The Morgan fingerprint density at radius 2 is 1.79 bits per heavy atom. The van der Waals surface area contributed by atoms with E-state index in [4.69, 9.17) is 4.74 Å². The largest absolute Gasteiger partial charge is 0.389 e. The smallest absolute Gasteiger partial charge is 0.0775 e. The Balaban J connectivity index is 1.66. The maximum Gasteiger partial charge on any atom is 0.0775 e. The van der Waals surface area contributed by atoms with Crippen molar-refractivity contribution in [3.8, 4) is 0 Å². The van der Waals surface area contributed by atoms with Crippen molar-refractivity contribution in [2.75, 3.05) is 45.9 Å². The van der Waals surface area contributed by atoms with E-state index in [2.05, 4.69) is 23.6 Å². The summed E-state index contributed by atoms with van der Waals surface area (Å²) in [5.41, 5.74) is -0.503. The van der Waals surface area contributed by atoms with Crippen molar-refractivity contribution in [2.24, 2.45) is 5.92 Å². The standard InChI is InChI=1S/C15H30N2O2/c1-13(2)19-11-10-16-6-4-14(5-7-16)15(3,18)12-17-8-9-17/h13-14,18H,4-12H2,1-3H3. The molecule has 0 amide bonds. The van der Waals surface area contributed by atoms with E-state index in [1.54, 1.807) is 0 Å². The summed E-state index contributed by atoms with van der Waals surface area (Å²) in [7, 11) is 0. The van der Waals surface area contributed by atoms with Crippen LogP contribution in [0.1, 0.15) is 33.6 Å². The first-order valence-electron chi connectivity index (χ1n) is 7.76. The molecule has 2 aliphatic heterocycles.